The average Bonchev–Trinajstić information content (AvgIpc) is 2.09. The summed E-state index contributed by atoms with van der Waals surface area (Å²) >= 11 is 0. The second-order valence-corrected chi connectivity index (χ2v) is 2.99. The standard InChI is InChI=1S/C9H12O4/c1-2-6-4-3-5-9(13,7(6)10)8(11)12/h3-5,7,10,13H,2H2,1H3,(H,11,12)/t7-,9+/m1/s1. The molecule has 0 unspecified atom stereocenters. The molecule has 1 rings (SSSR count). The van der Waals surface area contributed by atoms with Gasteiger partial charge in [-0.3, -0.25) is 0 Å². The number of hydrogen-bond acceptors (Lipinski definition) is 3. The molecular formula is C9H12O4. The van der Waals surface area contributed by atoms with Crippen molar-refractivity contribution in [1.82, 2.24) is 0 Å². The fraction of sp³-hybridized carbons (Fsp3) is 0.444. The van der Waals surface area contributed by atoms with E-state index >= 15 is 0 Å². The maximum absolute atomic E-state index is 10.7. The van der Waals surface area contributed by atoms with Crippen LogP contribution in [0.5, 0.6) is 0 Å². The summed E-state index contributed by atoms with van der Waals surface area (Å²) in [4.78, 5) is 10.7. The molecule has 0 saturated carbocycles. The van der Waals surface area contributed by atoms with Crippen molar-refractivity contribution < 1.29 is 20.1 Å². The van der Waals surface area contributed by atoms with Crippen LogP contribution >= 0.6 is 0 Å². The highest BCUT2D eigenvalue weighted by molar-refractivity contribution is 5.82. The van der Waals surface area contributed by atoms with Crippen LogP contribution in [0.2, 0.25) is 0 Å². The molecule has 2 atom stereocenters. The van der Waals surface area contributed by atoms with Crippen LogP contribution in [0.15, 0.2) is 23.8 Å². The van der Waals surface area contributed by atoms with Crippen molar-refractivity contribution in [2.24, 2.45) is 0 Å². The Bertz CT molecular complexity index is 279. The van der Waals surface area contributed by atoms with Gasteiger partial charge in [-0.05, 0) is 18.1 Å². The Morgan fingerprint density at radius 2 is 2.31 bits per heavy atom. The lowest BCUT2D eigenvalue weighted by Crippen LogP contribution is -2.49. The summed E-state index contributed by atoms with van der Waals surface area (Å²) in [6.07, 6.45) is 3.31. The van der Waals surface area contributed by atoms with Crippen molar-refractivity contribution in [3.05, 3.63) is 23.8 Å². The van der Waals surface area contributed by atoms with Gasteiger partial charge in [0.25, 0.3) is 0 Å². The van der Waals surface area contributed by atoms with E-state index in [2.05, 4.69) is 0 Å². The first kappa shape index (κ1) is 9.95. The Morgan fingerprint density at radius 1 is 1.69 bits per heavy atom. The lowest BCUT2D eigenvalue weighted by atomic mass is 9.85. The SMILES string of the molecule is CCC1=CC=C[C@@](O)(C(=O)O)[C@@H]1O. The minimum Gasteiger partial charge on any atom is -0.479 e. The number of carbonyl (C=O) groups is 1. The smallest absolute Gasteiger partial charge is 0.342 e. The van der Waals surface area contributed by atoms with Gasteiger partial charge in [0.05, 0.1) is 0 Å². The maximum Gasteiger partial charge on any atom is 0.342 e. The summed E-state index contributed by atoms with van der Waals surface area (Å²) in [6, 6.07) is 0. The van der Waals surface area contributed by atoms with Gasteiger partial charge in [0.1, 0.15) is 6.10 Å². The molecule has 0 bridgehead atoms. The number of aliphatic hydroxyl groups is 2. The first-order valence-corrected chi connectivity index (χ1v) is 4.04. The molecule has 1 aliphatic rings. The van der Waals surface area contributed by atoms with E-state index in [9.17, 15) is 15.0 Å². The van der Waals surface area contributed by atoms with Crippen molar-refractivity contribution in [1.29, 1.82) is 0 Å². The second-order valence-electron chi connectivity index (χ2n) is 2.99. The zero-order valence-corrected chi connectivity index (χ0v) is 7.27. The Balaban J connectivity index is 3.01. The molecule has 0 heterocycles. The predicted molar refractivity (Wildman–Crippen MR) is 46.1 cm³/mol. The van der Waals surface area contributed by atoms with Gasteiger partial charge in [-0.1, -0.05) is 19.1 Å². The van der Waals surface area contributed by atoms with Crippen LogP contribution in [0.25, 0.3) is 0 Å². The summed E-state index contributed by atoms with van der Waals surface area (Å²) in [7, 11) is 0. The Morgan fingerprint density at radius 3 is 2.77 bits per heavy atom. The largest absolute Gasteiger partial charge is 0.479 e. The molecule has 3 N–H and O–H groups in total. The highest BCUT2D eigenvalue weighted by Gasteiger charge is 2.43. The number of hydrogen-bond donors (Lipinski definition) is 3. The second kappa shape index (κ2) is 3.32. The van der Waals surface area contributed by atoms with E-state index < -0.39 is 17.7 Å². The molecule has 0 aromatic heterocycles. The van der Waals surface area contributed by atoms with Crippen molar-refractivity contribution in [3.63, 3.8) is 0 Å². The molecule has 0 aliphatic heterocycles. The summed E-state index contributed by atoms with van der Waals surface area (Å²) in [6.45, 7) is 1.79. The molecule has 0 fully saturated rings. The number of rotatable bonds is 2. The van der Waals surface area contributed by atoms with E-state index in [-0.39, 0.29) is 0 Å². The first-order chi connectivity index (χ1) is 6.02. The molecule has 13 heavy (non-hydrogen) atoms. The molecule has 0 radical (unpaired) electrons. The van der Waals surface area contributed by atoms with Crippen molar-refractivity contribution >= 4 is 5.97 Å². The van der Waals surface area contributed by atoms with E-state index in [4.69, 9.17) is 5.11 Å². The van der Waals surface area contributed by atoms with Crippen LogP contribution < -0.4 is 0 Å². The van der Waals surface area contributed by atoms with Gasteiger partial charge in [0.2, 0.25) is 5.60 Å². The summed E-state index contributed by atoms with van der Waals surface area (Å²) in [5.74, 6) is -1.43. The van der Waals surface area contributed by atoms with E-state index in [0.717, 1.165) is 6.08 Å². The minimum atomic E-state index is -2.17. The van der Waals surface area contributed by atoms with Gasteiger partial charge in [0, 0.05) is 0 Å². The monoisotopic (exact) mass is 184 g/mol. The molecule has 0 saturated heterocycles. The topological polar surface area (TPSA) is 77.8 Å². The fourth-order valence-electron chi connectivity index (χ4n) is 1.28. The van der Waals surface area contributed by atoms with Crippen LogP contribution in [0.3, 0.4) is 0 Å². The third kappa shape index (κ3) is 1.50. The van der Waals surface area contributed by atoms with Crippen molar-refractivity contribution in [3.8, 4) is 0 Å². The number of carboxylic acid groups (broad SMARTS) is 1. The van der Waals surface area contributed by atoms with Gasteiger partial charge in [-0.15, -0.1) is 0 Å². The lowest BCUT2D eigenvalue weighted by molar-refractivity contribution is -0.161. The summed E-state index contributed by atoms with van der Waals surface area (Å²) < 4.78 is 0. The molecular weight excluding hydrogens is 172 g/mol. The summed E-state index contributed by atoms with van der Waals surface area (Å²) in [5, 5.41) is 27.7. The van der Waals surface area contributed by atoms with Crippen LogP contribution in [0.4, 0.5) is 0 Å². The molecule has 0 aromatic carbocycles. The van der Waals surface area contributed by atoms with Gasteiger partial charge < -0.3 is 15.3 Å². The van der Waals surface area contributed by atoms with Crippen LogP contribution in [-0.4, -0.2) is 33.0 Å². The zero-order valence-electron chi connectivity index (χ0n) is 7.27. The van der Waals surface area contributed by atoms with Gasteiger partial charge in [-0.2, -0.15) is 0 Å². The van der Waals surface area contributed by atoms with E-state index in [1.807, 2.05) is 0 Å². The number of aliphatic carboxylic acids is 1. The van der Waals surface area contributed by atoms with E-state index in [1.54, 1.807) is 13.0 Å². The molecule has 4 heteroatoms. The molecule has 4 nitrogen and oxygen atoms in total. The number of allylic oxidation sites excluding steroid dienone is 2. The normalized spacial score (nSPS) is 32.8. The fourth-order valence-corrected chi connectivity index (χ4v) is 1.28. The Hall–Kier alpha value is -1.13. The van der Waals surface area contributed by atoms with Gasteiger partial charge >= 0.3 is 5.97 Å². The third-order valence-electron chi connectivity index (χ3n) is 2.18. The predicted octanol–water partition coefficient (Wildman–Crippen LogP) is 0.0692. The van der Waals surface area contributed by atoms with Crippen molar-refractivity contribution in [2.45, 2.75) is 25.0 Å². The first-order valence-electron chi connectivity index (χ1n) is 4.04. The summed E-state index contributed by atoms with van der Waals surface area (Å²) in [5.41, 5.74) is -1.65. The lowest BCUT2D eigenvalue weighted by Gasteiger charge is -2.29. The van der Waals surface area contributed by atoms with Crippen LogP contribution in [0.1, 0.15) is 13.3 Å². The highest BCUT2D eigenvalue weighted by Crippen LogP contribution is 2.25. The third-order valence-corrected chi connectivity index (χ3v) is 2.18. The molecule has 72 valence electrons. The van der Waals surface area contributed by atoms with Gasteiger partial charge in [0.15, 0.2) is 0 Å². The maximum atomic E-state index is 10.7. The molecule has 1 aliphatic carbocycles. The average molecular weight is 184 g/mol. The Labute approximate surface area is 75.8 Å². The Kier molecular flexibility index (Phi) is 2.54. The quantitative estimate of drug-likeness (QED) is 0.567. The van der Waals surface area contributed by atoms with E-state index in [1.165, 1.54) is 6.08 Å². The zero-order chi connectivity index (χ0) is 10.1. The minimum absolute atomic E-state index is 0.515. The highest BCUT2D eigenvalue weighted by atomic mass is 16.4. The van der Waals surface area contributed by atoms with Gasteiger partial charge in [-0.25, -0.2) is 4.79 Å². The molecule has 0 spiro atoms. The molecule has 0 amide bonds. The van der Waals surface area contributed by atoms with Crippen LogP contribution in [0, 0.1) is 0 Å². The number of carboxylic acids is 1. The van der Waals surface area contributed by atoms with Crippen molar-refractivity contribution in [2.75, 3.05) is 0 Å². The van der Waals surface area contributed by atoms with E-state index in [0.29, 0.717) is 12.0 Å². The number of aliphatic hydroxyl groups excluding tert-OH is 1. The van der Waals surface area contributed by atoms with Crippen LogP contribution in [-0.2, 0) is 4.79 Å². The molecule has 0 aromatic rings.